The second-order valence-corrected chi connectivity index (χ2v) is 3.29. The van der Waals surface area contributed by atoms with Gasteiger partial charge in [0, 0.05) is 12.7 Å². The predicted octanol–water partition coefficient (Wildman–Crippen LogP) is 1.85. The molecule has 94 valence electrons. The Bertz CT molecular complexity index is 420. The van der Waals surface area contributed by atoms with Gasteiger partial charge in [0.05, 0.1) is 17.7 Å². The fourth-order valence-electron chi connectivity index (χ4n) is 1.08. The van der Waals surface area contributed by atoms with Crippen LogP contribution >= 0.6 is 0 Å². The summed E-state index contributed by atoms with van der Waals surface area (Å²) in [5.74, 6) is -1.19. The van der Waals surface area contributed by atoms with Gasteiger partial charge in [-0.05, 0) is 6.92 Å². The number of carboxylic acid groups (broad SMARTS) is 1. The van der Waals surface area contributed by atoms with Crippen LogP contribution in [-0.4, -0.2) is 33.8 Å². The van der Waals surface area contributed by atoms with Crippen LogP contribution in [0.25, 0.3) is 0 Å². The van der Waals surface area contributed by atoms with E-state index in [0.717, 1.165) is 6.20 Å². The Hall–Kier alpha value is -1.86. The number of alkyl halides is 3. The van der Waals surface area contributed by atoms with E-state index >= 15 is 0 Å². The normalized spacial score (nSPS) is 11.3. The van der Waals surface area contributed by atoms with Crippen molar-refractivity contribution >= 4 is 11.9 Å². The van der Waals surface area contributed by atoms with Crippen LogP contribution < -0.4 is 5.32 Å². The van der Waals surface area contributed by atoms with Crippen molar-refractivity contribution in [1.29, 1.82) is 0 Å². The highest BCUT2D eigenvalue weighted by Gasteiger charge is 2.26. The van der Waals surface area contributed by atoms with Crippen molar-refractivity contribution in [1.82, 2.24) is 9.97 Å². The van der Waals surface area contributed by atoms with Crippen molar-refractivity contribution in [2.24, 2.45) is 0 Å². The first kappa shape index (κ1) is 13.2. The van der Waals surface area contributed by atoms with Crippen molar-refractivity contribution < 1.29 is 23.1 Å². The fraction of sp³-hybridized carbons (Fsp3) is 0.444. The highest BCUT2D eigenvalue weighted by Crippen LogP contribution is 2.19. The van der Waals surface area contributed by atoms with E-state index in [4.69, 9.17) is 5.11 Å². The van der Waals surface area contributed by atoms with E-state index in [0.29, 0.717) is 0 Å². The van der Waals surface area contributed by atoms with Crippen LogP contribution in [-0.2, 0) is 0 Å². The summed E-state index contributed by atoms with van der Waals surface area (Å²) < 4.78 is 35.5. The summed E-state index contributed by atoms with van der Waals surface area (Å²) in [5.41, 5.74) is 0.119. The van der Waals surface area contributed by atoms with Gasteiger partial charge in [0.25, 0.3) is 0 Å². The largest absolute Gasteiger partial charge is 0.478 e. The van der Waals surface area contributed by atoms with Crippen molar-refractivity contribution in [2.75, 3.05) is 11.9 Å². The Kier molecular flexibility index (Phi) is 3.87. The van der Waals surface area contributed by atoms with Gasteiger partial charge in [-0.15, -0.1) is 0 Å². The highest BCUT2D eigenvalue weighted by atomic mass is 19.4. The Balaban J connectivity index is 2.62. The van der Waals surface area contributed by atoms with Crippen molar-refractivity contribution in [3.63, 3.8) is 0 Å². The molecule has 0 bridgehead atoms. The Morgan fingerprint density at radius 2 is 2.18 bits per heavy atom. The SMILES string of the molecule is Cc1nc(NCCC(F)(F)F)ncc1C(=O)O. The Labute approximate surface area is 94.7 Å². The molecule has 8 heteroatoms. The summed E-state index contributed by atoms with van der Waals surface area (Å²) >= 11 is 0. The predicted molar refractivity (Wildman–Crippen MR) is 52.9 cm³/mol. The summed E-state index contributed by atoms with van der Waals surface area (Å²) in [6, 6.07) is 0. The topological polar surface area (TPSA) is 75.1 Å². The summed E-state index contributed by atoms with van der Waals surface area (Å²) in [7, 11) is 0. The number of anilines is 1. The summed E-state index contributed by atoms with van der Waals surface area (Å²) in [5, 5.41) is 11.1. The summed E-state index contributed by atoms with van der Waals surface area (Å²) in [6.07, 6.45) is -4.19. The lowest BCUT2D eigenvalue weighted by Gasteiger charge is -2.08. The van der Waals surface area contributed by atoms with Gasteiger partial charge in [-0.2, -0.15) is 13.2 Å². The van der Waals surface area contributed by atoms with Crippen molar-refractivity contribution in [2.45, 2.75) is 19.5 Å². The second kappa shape index (κ2) is 4.98. The highest BCUT2D eigenvalue weighted by molar-refractivity contribution is 5.88. The maximum absolute atomic E-state index is 11.8. The number of nitrogens with zero attached hydrogens (tertiary/aromatic N) is 2. The molecule has 5 nitrogen and oxygen atoms in total. The first-order valence-electron chi connectivity index (χ1n) is 4.67. The average molecular weight is 249 g/mol. The van der Waals surface area contributed by atoms with Crippen LogP contribution in [0.15, 0.2) is 6.20 Å². The standard InChI is InChI=1S/C9H10F3N3O2/c1-5-6(7(16)17)4-14-8(15-5)13-3-2-9(10,11)12/h4H,2-3H2,1H3,(H,16,17)(H,13,14,15). The number of aromatic nitrogens is 2. The lowest BCUT2D eigenvalue weighted by Crippen LogP contribution is -2.16. The number of aromatic carboxylic acids is 1. The molecule has 0 aliphatic heterocycles. The molecule has 1 rings (SSSR count). The molecule has 2 N–H and O–H groups in total. The van der Waals surface area contributed by atoms with E-state index in [2.05, 4.69) is 15.3 Å². The molecule has 17 heavy (non-hydrogen) atoms. The molecule has 0 saturated heterocycles. The van der Waals surface area contributed by atoms with Crippen LogP contribution in [0.3, 0.4) is 0 Å². The van der Waals surface area contributed by atoms with Gasteiger partial charge < -0.3 is 10.4 Å². The van der Waals surface area contributed by atoms with Gasteiger partial charge in [0.1, 0.15) is 0 Å². The van der Waals surface area contributed by atoms with Crippen LogP contribution in [0.4, 0.5) is 19.1 Å². The van der Waals surface area contributed by atoms with Gasteiger partial charge >= 0.3 is 12.1 Å². The van der Waals surface area contributed by atoms with Crippen LogP contribution in [0.1, 0.15) is 22.5 Å². The molecular weight excluding hydrogens is 239 g/mol. The van der Waals surface area contributed by atoms with Crippen LogP contribution in [0.5, 0.6) is 0 Å². The third-order valence-corrected chi connectivity index (χ3v) is 1.90. The average Bonchev–Trinajstić information content (AvgIpc) is 2.15. The molecule has 1 aromatic rings. The number of nitrogens with one attached hydrogen (secondary N) is 1. The number of hydrogen-bond acceptors (Lipinski definition) is 4. The Morgan fingerprint density at radius 1 is 1.53 bits per heavy atom. The van der Waals surface area contributed by atoms with E-state index in [1.807, 2.05) is 0 Å². The van der Waals surface area contributed by atoms with E-state index in [9.17, 15) is 18.0 Å². The van der Waals surface area contributed by atoms with Gasteiger partial charge in [-0.25, -0.2) is 14.8 Å². The molecule has 0 atom stereocenters. The lowest BCUT2D eigenvalue weighted by molar-refractivity contribution is -0.131. The molecular formula is C9H10F3N3O2. The molecule has 0 aliphatic rings. The van der Waals surface area contributed by atoms with E-state index in [1.54, 1.807) is 0 Å². The minimum atomic E-state index is -4.25. The number of aryl methyl sites for hydroxylation is 1. The fourth-order valence-corrected chi connectivity index (χ4v) is 1.08. The van der Waals surface area contributed by atoms with E-state index in [1.165, 1.54) is 6.92 Å². The summed E-state index contributed by atoms with van der Waals surface area (Å²) in [4.78, 5) is 18.0. The maximum Gasteiger partial charge on any atom is 0.390 e. The van der Waals surface area contributed by atoms with E-state index in [-0.39, 0.29) is 23.8 Å². The minimum absolute atomic E-state index is 0.0169. The first-order chi connectivity index (χ1) is 7.79. The third kappa shape index (κ3) is 4.25. The van der Waals surface area contributed by atoms with Gasteiger partial charge in [0.15, 0.2) is 0 Å². The van der Waals surface area contributed by atoms with Crippen LogP contribution in [0, 0.1) is 6.92 Å². The number of hydrogen-bond donors (Lipinski definition) is 2. The lowest BCUT2D eigenvalue weighted by atomic mass is 10.2. The Morgan fingerprint density at radius 3 is 2.65 bits per heavy atom. The molecule has 0 aliphatic carbocycles. The second-order valence-electron chi connectivity index (χ2n) is 3.29. The van der Waals surface area contributed by atoms with E-state index < -0.39 is 18.6 Å². The van der Waals surface area contributed by atoms with Gasteiger partial charge in [0.2, 0.25) is 5.95 Å². The molecule has 0 unspecified atom stereocenters. The number of rotatable bonds is 4. The molecule has 0 saturated carbocycles. The smallest absolute Gasteiger partial charge is 0.390 e. The van der Waals surface area contributed by atoms with Crippen LogP contribution in [0.2, 0.25) is 0 Å². The molecule has 0 amide bonds. The van der Waals surface area contributed by atoms with Crippen molar-refractivity contribution in [3.8, 4) is 0 Å². The van der Waals surface area contributed by atoms with Crippen molar-refractivity contribution in [3.05, 3.63) is 17.5 Å². The zero-order chi connectivity index (χ0) is 13.1. The van der Waals surface area contributed by atoms with Gasteiger partial charge in [-0.3, -0.25) is 0 Å². The maximum atomic E-state index is 11.8. The molecule has 1 aromatic heterocycles. The summed E-state index contributed by atoms with van der Waals surface area (Å²) in [6.45, 7) is 1.09. The number of carboxylic acids is 1. The van der Waals surface area contributed by atoms with Gasteiger partial charge in [-0.1, -0.05) is 0 Å². The molecule has 0 aromatic carbocycles. The molecule has 1 heterocycles. The molecule has 0 radical (unpaired) electrons. The zero-order valence-corrected chi connectivity index (χ0v) is 8.88. The zero-order valence-electron chi connectivity index (χ0n) is 8.88. The molecule has 0 fully saturated rings. The minimum Gasteiger partial charge on any atom is -0.478 e. The molecule has 0 spiro atoms. The first-order valence-corrected chi connectivity index (χ1v) is 4.67. The monoisotopic (exact) mass is 249 g/mol. The third-order valence-electron chi connectivity index (χ3n) is 1.90. The number of carbonyl (C=O) groups is 1. The quantitative estimate of drug-likeness (QED) is 0.851. The number of halogens is 3.